The lowest BCUT2D eigenvalue weighted by Gasteiger charge is -2.14. The molecule has 0 aliphatic carbocycles. The second kappa shape index (κ2) is 5.36. The van der Waals surface area contributed by atoms with Crippen LogP contribution in [0.2, 0.25) is 0 Å². The standard InChI is InChI=1S/C13H13N3O2S3/c1-8-14-11-3-2-9(6-12(11)20-8)15-13(19)16-10-4-5-21(17,18)7-10/h2-6,10H,7H2,1H3,(H2,15,16,19)/t10-/m1/s1. The van der Waals surface area contributed by atoms with Gasteiger partial charge in [0.2, 0.25) is 0 Å². The first-order valence-electron chi connectivity index (χ1n) is 6.27. The molecular weight excluding hydrogens is 326 g/mol. The number of thiocarbonyl (C=S) groups is 1. The highest BCUT2D eigenvalue weighted by Crippen LogP contribution is 2.24. The van der Waals surface area contributed by atoms with E-state index in [1.54, 1.807) is 17.4 Å². The second-order valence-corrected chi connectivity index (χ2v) is 8.35. The summed E-state index contributed by atoms with van der Waals surface area (Å²) in [5.74, 6) is 0.0435. The molecule has 3 rings (SSSR count). The SMILES string of the molecule is Cc1nc2ccc(NC(=S)N[C@@H]3C=CS(=O)(=O)C3)cc2s1. The normalized spacial score (nSPS) is 19.8. The molecule has 1 aliphatic heterocycles. The number of nitrogens with one attached hydrogen (secondary N) is 2. The molecule has 0 fully saturated rings. The van der Waals surface area contributed by atoms with E-state index in [9.17, 15) is 8.42 Å². The van der Waals surface area contributed by atoms with E-state index < -0.39 is 9.84 Å². The van der Waals surface area contributed by atoms with E-state index in [4.69, 9.17) is 12.2 Å². The van der Waals surface area contributed by atoms with E-state index in [0.29, 0.717) is 5.11 Å². The van der Waals surface area contributed by atoms with Gasteiger partial charge in [0.15, 0.2) is 14.9 Å². The van der Waals surface area contributed by atoms with Gasteiger partial charge in [-0.25, -0.2) is 13.4 Å². The largest absolute Gasteiger partial charge is 0.355 e. The van der Waals surface area contributed by atoms with Crippen LogP contribution in [0.5, 0.6) is 0 Å². The van der Waals surface area contributed by atoms with Gasteiger partial charge in [-0.3, -0.25) is 0 Å². The number of aromatic nitrogens is 1. The van der Waals surface area contributed by atoms with Crippen LogP contribution in [0.3, 0.4) is 0 Å². The molecule has 21 heavy (non-hydrogen) atoms. The minimum atomic E-state index is -3.08. The van der Waals surface area contributed by atoms with Crippen LogP contribution in [0.25, 0.3) is 10.2 Å². The van der Waals surface area contributed by atoms with Crippen LogP contribution in [0.15, 0.2) is 29.7 Å². The van der Waals surface area contributed by atoms with Gasteiger partial charge in [-0.1, -0.05) is 0 Å². The van der Waals surface area contributed by atoms with Crippen molar-refractivity contribution in [1.29, 1.82) is 0 Å². The molecule has 0 amide bonds. The van der Waals surface area contributed by atoms with Gasteiger partial charge in [-0.05, 0) is 43.4 Å². The fourth-order valence-electron chi connectivity index (χ4n) is 2.12. The Bertz CT molecular complexity index is 839. The molecule has 1 atom stereocenters. The average molecular weight is 339 g/mol. The van der Waals surface area contributed by atoms with Gasteiger partial charge in [0.25, 0.3) is 0 Å². The number of thiazole rings is 1. The summed E-state index contributed by atoms with van der Waals surface area (Å²) in [5, 5.41) is 8.69. The number of rotatable bonds is 2. The Morgan fingerprint density at radius 2 is 2.29 bits per heavy atom. The van der Waals surface area contributed by atoms with Crippen LogP contribution in [-0.4, -0.2) is 30.3 Å². The van der Waals surface area contributed by atoms with Crippen LogP contribution in [0, 0.1) is 6.92 Å². The minimum absolute atomic E-state index is 0.0435. The van der Waals surface area contributed by atoms with Gasteiger partial charge in [0, 0.05) is 11.1 Å². The fraction of sp³-hybridized carbons (Fsp3) is 0.231. The highest BCUT2D eigenvalue weighted by atomic mass is 32.2. The Kier molecular flexibility index (Phi) is 3.68. The van der Waals surface area contributed by atoms with Crippen molar-refractivity contribution >= 4 is 54.4 Å². The van der Waals surface area contributed by atoms with Gasteiger partial charge >= 0.3 is 0 Å². The zero-order valence-electron chi connectivity index (χ0n) is 11.2. The van der Waals surface area contributed by atoms with Crippen molar-refractivity contribution in [1.82, 2.24) is 10.3 Å². The van der Waals surface area contributed by atoms with Gasteiger partial charge < -0.3 is 10.6 Å². The molecule has 0 bridgehead atoms. The quantitative estimate of drug-likeness (QED) is 0.818. The Hall–Kier alpha value is -1.51. The molecule has 110 valence electrons. The Balaban J connectivity index is 1.67. The van der Waals surface area contributed by atoms with Gasteiger partial charge in [0.05, 0.1) is 27.0 Å². The van der Waals surface area contributed by atoms with E-state index >= 15 is 0 Å². The summed E-state index contributed by atoms with van der Waals surface area (Å²) in [6.45, 7) is 1.97. The van der Waals surface area contributed by atoms with Gasteiger partial charge in [-0.2, -0.15) is 0 Å². The van der Waals surface area contributed by atoms with Crippen LogP contribution in [0.1, 0.15) is 5.01 Å². The van der Waals surface area contributed by atoms with E-state index in [0.717, 1.165) is 20.9 Å². The Morgan fingerprint density at radius 3 is 3.00 bits per heavy atom. The first kappa shape index (κ1) is 14.4. The topological polar surface area (TPSA) is 71.1 Å². The smallest absolute Gasteiger partial charge is 0.173 e. The molecule has 1 aliphatic rings. The zero-order valence-corrected chi connectivity index (χ0v) is 13.6. The molecular formula is C13H13N3O2S3. The van der Waals surface area contributed by atoms with Crippen molar-refractivity contribution in [3.05, 3.63) is 34.7 Å². The molecule has 2 aromatic rings. The number of hydrogen-bond acceptors (Lipinski definition) is 5. The summed E-state index contributed by atoms with van der Waals surface area (Å²) in [6.07, 6.45) is 1.61. The number of fused-ring (bicyclic) bond motifs is 1. The zero-order chi connectivity index (χ0) is 15.0. The third kappa shape index (κ3) is 3.39. The van der Waals surface area contributed by atoms with Crippen molar-refractivity contribution in [3.63, 3.8) is 0 Å². The lowest BCUT2D eigenvalue weighted by Crippen LogP contribution is -2.38. The van der Waals surface area contributed by atoms with Gasteiger partial charge in [0.1, 0.15) is 0 Å². The molecule has 5 nitrogen and oxygen atoms in total. The highest BCUT2D eigenvalue weighted by Gasteiger charge is 2.21. The van der Waals surface area contributed by atoms with Crippen molar-refractivity contribution in [2.45, 2.75) is 13.0 Å². The second-order valence-electron chi connectivity index (χ2n) is 4.78. The Morgan fingerprint density at radius 1 is 1.48 bits per heavy atom. The van der Waals surface area contributed by atoms with E-state index in [-0.39, 0.29) is 11.8 Å². The summed E-state index contributed by atoms with van der Waals surface area (Å²) in [7, 11) is -3.08. The Labute approximate surface area is 132 Å². The van der Waals surface area contributed by atoms with Gasteiger partial charge in [-0.15, -0.1) is 11.3 Å². The maximum absolute atomic E-state index is 11.3. The summed E-state index contributed by atoms with van der Waals surface area (Å²) in [4.78, 5) is 4.40. The highest BCUT2D eigenvalue weighted by molar-refractivity contribution is 7.94. The molecule has 0 radical (unpaired) electrons. The fourth-order valence-corrected chi connectivity index (χ4v) is 4.49. The van der Waals surface area contributed by atoms with E-state index in [1.165, 1.54) is 5.41 Å². The molecule has 0 saturated heterocycles. The minimum Gasteiger partial charge on any atom is -0.355 e. The van der Waals surface area contributed by atoms with Crippen LogP contribution < -0.4 is 10.6 Å². The van der Waals surface area contributed by atoms with Crippen molar-refractivity contribution < 1.29 is 8.42 Å². The molecule has 2 heterocycles. The molecule has 0 spiro atoms. The molecule has 1 aromatic carbocycles. The number of nitrogens with zero attached hydrogens (tertiary/aromatic N) is 1. The van der Waals surface area contributed by atoms with E-state index in [2.05, 4.69) is 15.6 Å². The maximum atomic E-state index is 11.3. The van der Waals surface area contributed by atoms with Crippen molar-refractivity contribution in [2.24, 2.45) is 0 Å². The monoisotopic (exact) mass is 339 g/mol. The van der Waals surface area contributed by atoms with Crippen molar-refractivity contribution in [2.75, 3.05) is 11.1 Å². The van der Waals surface area contributed by atoms with Crippen molar-refractivity contribution in [3.8, 4) is 0 Å². The third-order valence-electron chi connectivity index (χ3n) is 3.00. The van der Waals surface area contributed by atoms with Crippen LogP contribution in [0.4, 0.5) is 5.69 Å². The molecule has 8 heteroatoms. The first-order valence-corrected chi connectivity index (χ1v) is 9.21. The predicted molar refractivity (Wildman–Crippen MR) is 90.4 cm³/mol. The number of hydrogen-bond donors (Lipinski definition) is 2. The lowest BCUT2D eigenvalue weighted by atomic mass is 10.3. The third-order valence-corrected chi connectivity index (χ3v) is 5.55. The van der Waals surface area contributed by atoms with Crippen LogP contribution >= 0.6 is 23.6 Å². The summed E-state index contributed by atoms with van der Waals surface area (Å²) in [5.41, 5.74) is 1.82. The lowest BCUT2D eigenvalue weighted by molar-refractivity contribution is 0.603. The van der Waals surface area contributed by atoms with E-state index in [1.807, 2.05) is 25.1 Å². The number of anilines is 1. The average Bonchev–Trinajstić information content (AvgIpc) is 2.90. The van der Waals surface area contributed by atoms with Crippen LogP contribution in [-0.2, 0) is 9.84 Å². The molecule has 0 saturated carbocycles. The summed E-state index contributed by atoms with van der Waals surface area (Å²) >= 11 is 6.83. The number of sulfone groups is 1. The summed E-state index contributed by atoms with van der Waals surface area (Å²) in [6, 6.07) is 5.54. The number of aryl methyl sites for hydroxylation is 1. The molecule has 2 N–H and O–H groups in total. The number of benzene rings is 1. The predicted octanol–water partition coefficient (Wildman–Crippen LogP) is 2.20. The first-order chi connectivity index (χ1) is 9.91. The molecule has 0 unspecified atom stereocenters. The summed E-state index contributed by atoms with van der Waals surface area (Å²) < 4.78 is 23.8. The molecule has 1 aromatic heterocycles. The maximum Gasteiger partial charge on any atom is 0.173 e.